The lowest BCUT2D eigenvalue weighted by atomic mass is 10.1. The van der Waals surface area contributed by atoms with Crippen LogP contribution >= 0.6 is 7.82 Å². The Balaban J connectivity index is 1.29. The summed E-state index contributed by atoms with van der Waals surface area (Å²) in [7, 11) is -4.76. The first-order valence-corrected chi connectivity index (χ1v) is 10.9. The molecule has 0 aromatic carbocycles. The Bertz CT molecular complexity index is 1010. The van der Waals surface area contributed by atoms with E-state index in [1.807, 2.05) is 0 Å². The van der Waals surface area contributed by atoms with Crippen molar-refractivity contribution in [2.24, 2.45) is 17.8 Å². The molecule has 13 nitrogen and oxygen atoms in total. The highest BCUT2D eigenvalue weighted by molar-refractivity contribution is 7.45. The summed E-state index contributed by atoms with van der Waals surface area (Å²) in [4.78, 5) is 38.2. The lowest BCUT2D eigenvalue weighted by molar-refractivity contribution is -0.299. The van der Waals surface area contributed by atoms with E-state index < -0.39 is 50.6 Å². The summed E-state index contributed by atoms with van der Waals surface area (Å²) in [6.45, 7) is -0.822. The third-order valence-corrected chi connectivity index (χ3v) is 6.72. The molecule has 1 saturated carbocycles. The molecular formula is C17H20N3O10P-2. The first kappa shape index (κ1) is 22.1. The summed E-state index contributed by atoms with van der Waals surface area (Å²) in [5.41, 5.74) is 4.80. The molecule has 1 aromatic rings. The zero-order valence-corrected chi connectivity index (χ0v) is 16.9. The lowest BCUT2D eigenvalue weighted by Crippen LogP contribution is -2.36. The van der Waals surface area contributed by atoms with Crippen LogP contribution in [0.15, 0.2) is 28.7 Å². The van der Waals surface area contributed by atoms with Gasteiger partial charge in [0.15, 0.2) is 6.23 Å². The first-order valence-electron chi connectivity index (χ1n) is 9.46. The molecule has 8 atom stereocenters. The SMILES string of the molecule is Nc1ccn([C@@H]2O[C@H](COP(=O)([O-])OCC3C4C=C(C(=O)[O-])CC43)[C@H](O)C2O)c(=O)n1. The Morgan fingerprint density at radius 3 is 2.68 bits per heavy atom. The van der Waals surface area contributed by atoms with E-state index in [4.69, 9.17) is 19.5 Å². The highest BCUT2D eigenvalue weighted by Crippen LogP contribution is 2.57. The van der Waals surface area contributed by atoms with Crippen molar-refractivity contribution in [3.05, 3.63) is 34.4 Å². The second-order valence-corrected chi connectivity index (χ2v) is 9.13. The predicted molar refractivity (Wildman–Crippen MR) is 96.5 cm³/mol. The van der Waals surface area contributed by atoms with Crippen LogP contribution in [0, 0.1) is 17.8 Å². The number of nitrogens with two attached hydrogens (primary N) is 1. The van der Waals surface area contributed by atoms with Crippen molar-refractivity contribution >= 4 is 19.6 Å². The largest absolute Gasteiger partial charge is 0.756 e. The summed E-state index contributed by atoms with van der Waals surface area (Å²) in [5, 5.41) is 31.1. The third-order valence-electron chi connectivity index (χ3n) is 5.79. The third kappa shape index (κ3) is 4.44. The number of carbonyl (C=O) groups is 1. The number of fused-ring (bicyclic) bond motifs is 1. The number of nitrogen functional groups attached to an aromatic ring is 1. The Kier molecular flexibility index (Phi) is 5.77. The molecule has 1 aromatic heterocycles. The van der Waals surface area contributed by atoms with Gasteiger partial charge in [-0.25, -0.2) is 4.79 Å². The van der Waals surface area contributed by atoms with Crippen molar-refractivity contribution in [1.82, 2.24) is 9.55 Å². The fourth-order valence-electron chi connectivity index (χ4n) is 4.05. The lowest BCUT2D eigenvalue weighted by Gasteiger charge is -2.25. The van der Waals surface area contributed by atoms with Crippen molar-refractivity contribution in [3.63, 3.8) is 0 Å². The molecule has 1 aliphatic heterocycles. The Labute approximate surface area is 175 Å². The Hall–Kier alpha value is -2.12. The zero-order chi connectivity index (χ0) is 22.5. The number of hydrogen-bond acceptors (Lipinski definition) is 12. The molecule has 0 radical (unpaired) electrons. The fraction of sp³-hybridized carbons (Fsp3) is 0.588. The zero-order valence-electron chi connectivity index (χ0n) is 16.0. The maximum Gasteiger partial charge on any atom is 0.351 e. The number of aliphatic hydroxyl groups is 2. The second kappa shape index (κ2) is 8.10. The van der Waals surface area contributed by atoms with Crippen molar-refractivity contribution in [1.29, 1.82) is 0 Å². The van der Waals surface area contributed by atoms with Crippen molar-refractivity contribution in [2.75, 3.05) is 18.9 Å². The fourth-order valence-corrected chi connectivity index (χ4v) is 4.80. The van der Waals surface area contributed by atoms with Crippen LogP contribution in [0.5, 0.6) is 0 Å². The average molecular weight is 457 g/mol. The van der Waals surface area contributed by atoms with Crippen molar-refractivity contribution in [2.45, 2.75) is 31.0 Å². The van der Waals surface area contributed by atoms with Gasteiger partial charge in [0.2, 0.25) is 0 Å². The number of aromatic nitrogens is 2. The summed E-state index contributed by atoms with van der Waals surface area (Å²) >= 11 is 0. The maximum absolute atomic E-state index is 12.0. The second-order valence-electron chi connectivity index (χ2n) is 7.72. The Morgan fingerprint density at radius 1 is 1.35 bits per heavy atom. The highest BCUT2D eigenvalue weighted by atomic mass is 31.2. The molecule has 31 heavy (non-hydrogen) atoms. The van der Waals surface area contributed by atoms with Crippen LogP contribution in [0.2, 0.25) is 0 Å². The number of carboxylic acids is 1. The predicted octanol–water partition coefficient (Wildman–Crippen LogP) is -3.11. The van der Waals surface area contributed by atoms with Crippen LogP contribution in [-0.4, -0.2) is 57.3 Å². The molecule has 0 bridgehead atoms. The van der Waals surface area contributed by atoms with Gasteiger partial charge in [-0.05, 0) is 35.8 Å². The minimum absolute atomic E-state index is 0.00984. The number of carbonyl (C=O) groups excluding carboxylic acids is 1. The molecule has 0 spiro atoms. The van der Waals surface area contributed by atoms with Gasteiger partial charge in [0.25, 0.3) is 7.82 Å². The van der Waals surface area contributed by atoms with Crippen LogP contribution < -0.4 is 21.4 Å². The standard InChI is InChI=1S/C17H22N3O10P/c18-12-1-2-20(17(25)19-12)15-14(22)13(21)11(30-15)6-29-31(26,27)28-5-10-8-3-7(16(23)24)4-9(8)10/h1-3,8-11,13-15,21-22H,4-6H2,(H,23,24)(H,26,27)(H2,18,19,25)/p-2/t8?,9?,10?,11-,13+,14?,15-/m1/s1. The van der Waals surface area contributed by atoms with Gasteiger partial charge in [-0.1, -0.05) is 6.08 Å². The highest BCUT2D eigenvalue weighted by Gasteiger charge is 2.52. The number of ether oxygens (including phenoxy) is 1. The minimum atomic E-state index is -4.76. The Morgan fingerprint density at radius 2 is 2.06 bits per heavy atom. The molecule has 14 heteroatoms. The van der Waals surface area contributed by atoms with Gasteiger partial charge in [0.05, 0.1) is 19.2 Å². The average Bonchev–Trinajstić information content (AvgIpc) is 3.01. The normalized spacial score (nSPS) is 36.0. The number of carboxylic acid groups (broad SMARTS) is 1. The number of phosphoric ester groups is 1. The molecule has 2 fully saturated rings. The number of aliphatic hydroxyl groups excluding tert-OH is 2. The number of nitrogens with zero attached hydrogens (tertiary/aromatic N) is 2. The molecule has 5 unspecified atom stereocenters. The maximum atomic E-state index is 12.0. The number of allylic oxidation sites excluding steroid dienone is 1. The van der Waals surface area contributed by atoms with E-state index in [1.165, 1.54) is 12.3 Å². The molecule has 3 aliphatic rings. The van der Waals surface area contributed by atoms with Crippen LogP contribution in [0.25, 0.3) is 0 Å². The monoisotopic (exact) mass is 457 g/mol. The van der Waals surface area contributed by atoms with Crippen molar-refractivity contribution < 1.29 is 43.4 Å². The number of aliphatic carboxylic acids is 1. The smallest absolute Gasteiger partial charge is 0.351 e. The topological polar surface area (TPSA) is 209 Å². The summed E-state index contributed by atoms with van der Waals surface area (Å²) in [6.07, 6.45) is -2.56. The number of anilines is 1. The van der Waals surface area contributed by atoms with E-state index in [0.29, 0.717) is 6.42 Å². The minimum Gasteiger partial charge on any atom is -0.756 e. The van der Waals surface area contributed by atoms with E-state index in [2.05, 4.69) is 4.98 Å². The summed E-state index contributed by atoms with van der Waals surface area (Å²) in [6, 6.07) is 1.30. The molecule has 2 heterocycles. The molecule has 4 rings (SSSR count). The van der Waals surface area contributed by atoms with E-state index in [-0.39, 0.29) is 35.8 Å². The van der Waals surface area contributed by atoms with Gasteiger partial charge in [-0.2, -0.15) is 4.98 Å². The van der Waals surface area contributed by atoms with Crippen LogP contribution in [-0.2, 0) is 23.1 Å². The number of rotatable bonds is 8. The van der Waals surface area contributed by atoms with Gasteiger partial charge in [-0.15, -0.1) is 0 Å². The van der Waals surface area contributed by atoms with Gasteiger partial charge in [0.1, 0.15) is 24.1 Å². The van der Waals surface area contributed by atoms with Crippen LogP contribution in [0.4, 0.5) is 5.82 Å². The number of hydrogen-bond donors (Lipinski definition) is 3. The quantitative estimate of drug-likeness (QED) is 0.331. The van der Waals surface area contributed by atoms with E-state index in [9.17, 15) is 34.4 Å². The van der Waals surface area contributed by atoms with E-state index in [1.54, 1.807) is 6.08 Å². The molecule has 170 valence electrons. The van der Waals surface area contributed by atoms with Crippen LogP contribution in [0.3, 0.4) is 0 Å². The first-order chi connectivity index (χ1) is 14.6. The van der Waals surface area contributed by atoms with Gasteiger partial charge >= 0.3 is 5.69 Å². The van der Waals surface area contributed by atoms with Gasteiger partial charge in [0, 0.05) is 6.20 Å². The molecule has 4 N–H and O–H groups in total. The summed E-state index contributed by atoms with van der Waals surface area (Å²) in [5.74, 6) is -1.44. The van der Waals surface area contributed by atoms with Gasteiger partial charge in [-0.3, -0.25) is 9.13 Å². The molecule has 1 saturated heterocycles. The van der Waals surface area contributed by atoms with Gasteiger partial charge < -0.3 is 44.5 Å². The summed E-state index contributed by atoms with van der Waals surface area (Å²) < 4.78 is 28.0. The number of phosphoric acid groups is 1. The molecule has 2 aliphatic carbocycles. The van der Waals surface area contributed by atoms with Crippen LogP contribution in [0.1, 0.15) is 12.6 Å². The molecular weight excluding hydrogens is 437 g/mol. The van der Waals surface area contributed by atoms with E-state index in [0.717, 1.165) is 4.57 Å². The van der Waals surface area contributed by atoms with Crippen molar-refractivity contribution in [3.8, 4) is 0 Å². The van der Waals surface area contributed by atoms with E-state index >= 15 is 0 Å². The molecule has 0 amide bonds.